The molecule has 4 aromatic rings. The van der Waals surface area contributed by atoms with E-state index in [1.807, 2.05) is 49.9 Å². The summed E-state index contributed by atoms with van der Waals surface area (Å²) in [6, 6.07) is 10.6. The Labute approximate surface area is 198 Å². The zero-order valence-corrected chi connectivity index (χ0v) is 19.6. The number of carboxylic acid groups (broad SMARTS) is 1. The number of halogens is 3. The molecule has 0 aliphatic rings. The van der Waals surface area contributed by atoms with Gasteiger partial charge in [0.15, 0.2) is 0 Å². The number of benzene rings is 2. The Bertz CT molecular complexity index is 1340. The molecule has 0 aliphatic heterocycles. The Morgan fingerprint density at radius 1 is 1.21 bits per heavy atom. The van der Waals surface area contributed by atoms with Gasteiger partial charge in [-0.1, -0.05) is 19.1 Å². The minimum atomic E-state index is -4.37. The van der Waals surface area contributed by atoms with Crippen LogP contribution in [0.5, 0.6) is 5.75 Å². The van der Waals surface area contributed by atoms with E-state index in [4.69, 9.17) is 9.84 Å². The second kappa shape index (κ2) is 9.13. The first-order chi connectivity index (χ1) is 16.0. The van der Waals surface area contributed by atoms with Crippen molar-refractivity contribution in [3.8, 4) is 16.3 Å². The number of nitrogens with zero attached hydrogens (tertiary/aromatic N) is 2. The van der Waals surface area contributed by atoms with Gasteiger partial charge in [-0.25, -0.2) is 4.98 Å². The summed E-state index contributed by atoms with van der Waals surface area (Å²) >= 11 is 1.45. The molecule has 0 saturated carbocycles. The number of rotatable bonds is 7. The number of hydrogen-bond acceptors (Lipinski definition) is 4. The van der Waals surface area contributed by atoms with Crippen molar-refractivity contribution in [3.05, 3.63) is 70.4 Å². The number of alkyl halides is 3. The van der Waals surface area contributed by atoms with Crippen molar-refractivity contribution in [2.75, 3.05) is 6.61 Å². The van der Waals surface area contributed by atoms with Crippen LogP contribution in [0, 0.1) is 6.92 Å². The molecule has 4 rings (SSSR count). The van der Waals surface area contributed by atoms with Crippen LogP contribution in [0.1, 0.15) is 34.5 Å². The number of hydrogen-bond donors (Lipinski definition) is 1. The van der Waals surface area contributed by atoms with Crippen molar-refractivity contribution in [2.24, 2.45) is 7.05 Å². The normalized spacial score (nSPS) is 12.8. The topological polar surface area (TPSA) is 64.3 Å². The molecular formula is C25H23F3N2O3S. The van der Waals surface area contributed by atoms with E-state index in [0.29, 0.717) is 22.9 Å². The van der Waals surface area contributed by atoms with E-state index < -0.39 is 17.7 Å². The Balaban J connectivity index is 1.48. The first kappa shape index (κ1) is 23.8. The van der Waals surface area contributed by atoms with Crippen LogP contribution in [0.4, 0.5) is 13.2 Å². The molecule has 0 saturated heterocycles. The smallest absolute Gasteiger partial charge is 0.416 e. The minimum absolute atomic E-state index is 0.0207. The third-order valence-electron chi connectivity index (χ3n) is 5.63. The number of aryl methyl sites for hydroxylation is 2. The van der Waals surface area contributed by atoms with E-state index in [0.717, 1.165) is 39.2 Å². The van der Waals surface area contributed by atoms with E-state index in [9.17, 15) is 18.0 Å². The lowest BCUT2D eigenvalue weighted by Gasteiger charge is -2.13. The quantitative estimate of drug-likeness (QED) is 0.325. The Morgan fingerprint density at radius 3 is 2.56 bits per heavy atom. The lowest BCUT2D eigenvalue weighted by Crippen LogP contribution is -2.07. The number of carbonyl (C=O) groups is 1. The van der Waals surface area contributed by atoms with E-state index in [1.54, 1.807) is 0 Å². The number of fused-ring (bicyclic) bond motifs is 1. The highest BCUT2D eigenvalue weighted by atomic mass is 32.1. The molecule has 0 aliphatic carbocycles. The summed E-state index contributed by atoms with van der Waals surface area (Å²) in [7, 11) is 1.86. The molecule has 1 unspecified atom stereocenters. The van der Waals surface area contributed by atoms with Crippen LogP contribution < -0.4 is 4.74 Å². The van der Waals surface area contributed by atoms with Gasteiger partial charge in [0.2, 0.25) is 0 Å². The van der Waals surface area contributed by atoms with Gasteiger partial charge in [-0.05, 0) is 36.8 Å². The van der Waals surface area contributed by atoms with Crippen molar-refractivity contribution in [1.82, 2.24) is 9.55 Å². The summed E-state index contributed by atoms with van der Waals surface area (Å²) in [4.78, 5) is 16.7. The first-order valence-electron chi connectivity index (χ1n) is 10.6. The molecule has 0 amide bonds. The second-order valence-electron chi connectivity index (χ2n) is 8.27. The monoisotopic (exact) mass is 488 g/mol. The SMILES string of the molecule is Cc1nc(-c2ccc(C(F)(F)F)cc2)sc1C(C)COc1ccc2c(CC(=O)O)cn(C)c2c1. The average Bonchev–Trinajstić information content (AvgIpc) is 3.31. The lowest BCUT2D eigenvalue weighted by molar-refractivity contribution is -0.138. The number of aromatic nitrogens is 2. The molecule has 2 heterocycles. The van der Waals surface area contributed by atoms with Crippen molar-refractivity contribution in [3.63, 3.8) is 0 Å². The Hall–Kier alpha value is -3.33. The van der Waals surface area contributed by atoms with Crippen molar-refractivity contribution in [1.29, 1.82) is 0 Å². The molecule has 178 valence electrons. The molecule has 2 aromatic heterocycles. The molecule has 0 spiro atoms. The molecule has 34 heavy (non-hydrogen) atoms. The summed E-state index contributed by atoms with van der Waals surface area (Å²) in [6.07, 6.45) is -2.59. The first-order valence-corrected chi connectivity index (χ1v) is 11.4. The molecular weight excluding hydrogens is 465 g/mol. The largest absolute Gasteiger partial charge is 0.493 e. The predicted molar refractivity (Wildman–Crippen MR) is 125 cm³/mol. The fourth-order valence-electron chi connectivity index (χ4n) is 3.93. The highest BCUT2D eigenvalue weighted by Crippen LogP contribution is 2.35. The maximum absolute atomic E-state index is 12.8. The Morgan fingerprint density at radius 2 is 1.91 bits per heavy atom. The molecule has 9 heteroatoms. The number of carboxylic acids is 1. The van der Waals surface area contributed by atoms with Crippen LogP contribution in [0.15, 0.2) is 48.7 Å². The third kappa shape index (κ3) is 4.94. The lowest BCUT2D eigenvalue weighted by atomic mass is 10.1. The van der Waals surface area contributed by atoms with Gasteiger partial charge in [0.05, 0.1) is 29.8 Å². The summed E-state index contributed by atoms with van der Waals surface area (Å²) < 4.78 is 46.4. The fourth-order valence-corrected chi connectivity index (χ4v) is 5.04. The number of aliphatic carboxylic acids is 1. The second-order valence-corrected chi connectivity index (χ2v) is 9.30. The van der Waals surface area contributed by atoms with Crippen LogP contribution in [-0.2, 0) is 24.4 Å². The van der Waals surface area contributed by atoms with E-state index >= 15 is 0 Å². The molecule has 1 atom stereocenters. The summed E-state index contributed by atoms with van der Waals surface area (Å²) in [5.41, 5.74) is 2.43. The molecule has 0 radical (unpaired) electrons. The molecule has 1 N–H and O–H groups in total. The van der Waals surface area contributed by atoms with Crippen molar-refractivity contribution >= 4 is 28.2 Å². The maximum Gasteiger partial charge on any atom is 0.416 e. The van der Waals surface area contributed by atoms with Crippen LogP contribution in [0.25, 0.3) is 21.5 Å². The van der Waals surface area contributed by atoms with Gasteiger partial charge < -0.3 is 14.4 Å². The molecule has 0 bridgehead atoms. The van der Waals surface area contributed by atoms with Crippen LogP contribution in [0.2, 0.25) is 0 Å². The zero-order valence-electron chi connectivity index (χ0n) is 18.8. The van der Waals surface area contributed by atoms with Crippen LogP contribution >= 0.6 is 11.3 Å². The van der Waals surface area contributed by atoms with Crippen LogP contribution in [-0.4, -0.2) is 27.2 Å². The third-order valence-corrected chi connectivity index (χ3v) is 7.06. The summed E-state index contributed by atoms with van der Waals surface area (Å²) in [5.74, 6) is -0.183. The van der Waals surface area contributed by atoms with Crippen molar-refractivity contribution in [2.45, 2.75) is 32.4 Å². The highest BCUT2D eigenvalue weighted by Gasteiger charge is 2.30. The number of thiazole rings is 1. The Kier molecular flexibility index (Phi) is 6.40. The highest BCUT2D eigenvalue weighted by molar-refractivity contribution is 7.15. The van der Waals surface area contributed by atoms with Gasteiger partial charge in [0.1, 0.15) is 10.8 Å². The number of ether oxygens (including phenoxy) is 1. The van der Waals surface area contributed by atoms with Gasteiger partial charge >= 0.3 is 12.1 Å². The predicted octanol–water partition coefficient (Wildman–Crippen LogP) is 6.44. The van der Waals surface area contributed by atoms with Gasteiger partial charge in [-0.15, -0.1) is 11.3 Å². The summed E-state index contributed by atoms with van der Waals surface area (Å²) in [6.45, 7) is 4.30. The van der Waals surface area contributed by atoms with Gasteiger partial charge in [0, 0.05) is 41.1 Å². The van der Waals surface area contributed by atoms with Gasteiger partial charge in [-0.2, -0.15) is 13.2 Å². The van der Waals surface area contributed by atoms with E-state index in [1.165, 1.54) is 23.5 Å². The molecule has 0 fully saturated rings. The van der Waals surface area contributed by atoms with Gasteiger partial charge in [-0.3, -0.25) is 4.79 Å². The molecule has 2 aromatic carbocycles. The van der Waals surface area contributed by atoms with E-state index in [-0.39, 0.29) is 12.3 Å². The van der Waals surface area contributed by atoms with Crippen LogP contribution in [0.3, 0.4) is 0 Å². The minimum Gasteiger partial charge on any atom is -0.493 e. The fraction of sp³-hybridized carbons (Fsp3) is 0.280. The maximum atomic E-state index is 12.8. The molecule has 5 nitrogen and oxygen atoms in total. The van der Waals surface area contributed by atoms with Crippen molar-refractivity contribution < 1.29 is 27.8 Å². The average molecular weight is 489 g/mol. The standard InChI is InChI=1S/C25H23F3N2O3S/c1-14(13-33-19-8-9-20-17(10-22(31)32)12-30(3)21(20)11-19)23-15(2)29-24(34-23)16-4-6-18(7-5-16)25(26,27)28/h4-9,11-12,14H,10,13H2,1-3H3,(H,31,32). The van der Waals surface area contributed by atoms with Gasteiger partial charge in [0.25, 0.3) is 0 Å². The summed E-state index contributed by atoms with van der Waals surface area (Å²) in [5, 5.41) is 10.7. The zero-order chi connectivity index (χ0) is 24.6. The van der Waals surface area contributed by atoms with E-state index in [2.05, 4.69) is 4.98 Å².